The number of hydrogen-bond acceptors (Lipinski definition) is 2. The van der Waals surface area contributed by atoms with Crippen molar-refractivity contribution in [2.45, 2.75) is 6.42 Å². The fourth-order valence-electron chi connectivity index (χ4n) is 1.50. The number of anilines is 1. The lowest BCUT2D eigenvalue weighted by Crippen LogP contribution is -2.15. The molecule has 1 N–H and O–H groups in total. The standard InChI is InChI=1S/C13H9ClF2N2O/c14-10-3-4-17-7-12(10)18-13(19)5-8-1-2-9(15)6-11(8)16/h1-4,6-7H,5H2,(H,18,19). The Balaban J connectivity index is 2.08. The molecule has 1 amide bonds. The number of rotatable bonds is 3. The van der Waals surface area contributed by atoms with E-state index in [-0.39, 0.29) is 12.0 Å². The number of amides is 1. The summed E-state index contributed by atoms with van der Waals surface area (Å²) in [6, 6.07) is 4.59. The Morgan fingerprint density at radius 3 is 2.79 bits per heavy atom. The van der Waals surface area contributed by atoms with Crippen LogP contribution in [0.1, 0.15) is 5.56 Å². The molecule has 3 nitrogen and oxygen atoms in total. The highest BCUT2D eigenvalue weighted by Gasteiger charge is 2.10. The first kappa shape index (κ1) is 13.4. The molecule has 6 heteroatoms. The summed E-state index contributed by atoms with van der Waals surface area (Å²) in [4.78, 5) is 15.5. The SMILES string of the molecule is O=C(Cc1ccc(F)cc1F)Nc1cnccc1Cl. The van der Waals surface area contributed by atoms with E-state index in [1.807, 2.05) is 0 Å². The number of pyridine rings is 1. The molecule has 0 saturated heterocycles. The third kappa shape index (κ3) is 3.48. The summed E-state index contributed by atoms with van der Waals surface area (Å²) < 4.78 is 26.1. The van der Waals surface area contributed by atoms with Gasteiger partial charge in [0.15, 0.2) is 0 Å². The molecule has 1 aromatic carbocycles. The second-order valence-electron chi connectivity index (χ2n) is 3.82. The van der Waals surface area contributed by atoms with Gasteiger partial charge in [0.1, 0.15) is 11.6 Å². The molecule has 19 heavy (non-hydrogen) atoms. The van der Waals surface area contributed by atoms with E-state index in [9.17, 15) is 13.6 Å². The van der Waals surface area contributed by atoms with Gasteiger partial charge in [0.25, 0.3) is 0 Å². The molecule has 98 valence electrons. The molecule has 0 bridgehead atoms. The predicted octanol–water partition coefficient (Wildman–Crippen LogP) is 3.19. The minimum atomic E-state index is -0.757. The molecule has 2 rings (SSSR count). The van der Waals surface area contributed by atoms with Crippen LogP contribution >= 0.6 is 11.6 Å². The zero-order valence-corrected chi connectivity index (χ0v) is 10.4. The first-order valence-corrected chi connectivity index (χ1v) is 5.77. The van der Waals surface area contributed by atoms with Gasteiger partial charge in [-0.2, -0.15) is 0 Å². The van der Waals surface area contributed by atoms with Gasteiger partial charge in [0.2, 0.25) is 5.91 Å². The molecule has 0 atom stereocenters. The van der Waals surface area contributed by atoms with Crippen LogP contribution in [0.3, 0.4) is 0 Å². The van der Waals surface area contributed by atoms with E-state index in [1.165, 1.54) is 24.5 Å². The van der Waals surface area contributed by atoms with Crippen molar-refractivity contribution in [3.8, 4) is 0 Å². The molecule has 0 unspecified atom stereocenters. The van der Waals surface area contributed by atoms with E-state index in [2.05, 4.69) is 10.3 Å². The van der Waals surface area contributed by atoms with Crippen LogP contribution in [-0.4, -0.2) is 10.9 Å². The summed E-state index contributed by atoms with van der Waals surface area (Å²) in [5, 5.41) is 2.84. The van der Waals surface area contributed by atoms with Gasteiger partial charge in [-0.15, -0.1) is 0 Å². The van der Waals surface area contributed by atoms with Crippen molar-refractivity contribution in [1.29, 1.82) is 0 Å². The molecule has 1 aromatic heterocycles. The Morgan fingerprint density at radius 1 is 1.32 bits per heavy atom. The number of benzene rings is 1. The molecular weight excluding hydrogens is 274 g/mol. The summed E-state index contributed by atoms with van der Waals surface area (Å²) in [6.45, 7) is 0. The highest BCUT2D eigenvalue weighted by molar-refractivity contribution is 6.33. The molecular formula is C13H9ClF2N2O. The predicted molar refractivity (Wildman–Crippen MR) is 67.9 cm³/mol. The number of halogens is 3. The summed E-state index contributed by atoms with van der Waals surface area (Å²) in [5.41, 5.74) is 0.454. The lowest BCUT2D eigenvalue weighted by atomic mass is 10.1. The summed E-state index contributed by atoms with van der Waals surface area (Å²) in [7, 11) is 0. The van der Waals surface area contributed by atoms with Gasteiger partial charge in [-0.3, -0.25) is 9.78 Å². The van der Waals surface area contributed by atoms with Crippen molar-refractivity contribution < 1.29 is 13.6 Å². The minimum Gasteiger partial charge on any atom is -0.323 e. The van der Waals surface area contributed by atoms with Crippen molar-refractivity contribution in [2.24, 2.45) is 0 Å². The summed E-state index contributed by atoms with van der Waals surface area (Å²) in [6.07, 6.45) is 2.66. The Kier molecular flexibility index (Phi) is 4.06. The number of hydrogen-bond donors (Lipinski definition) is 1. The fourth-order valence-corrected chi connectivity index (χ4v) is 1.65. The lowest BCUT2D eigenvalue weighted by molar-refractivity contribution is -0.115. The number of nitrogens with one attached hydrogen (secondary N) is 1. The first-order valence-electron chi connectivity index (χ1n) is 5.39. The van der Waals surface area contributed by atoms with Gasteiger partial charge in [-0.25, -0.2) is 8.78 Å². The summed E-state index contributed by atoms with van der Waals surface area (Å²) in [5.74, 6) is -1.90. The summed E-state index contributed by atoms with van der Waals surface area (Å²) >= 11 is 5.84. The van der Waals surface area contributed by atoms with E-state index < -0.39 is 17.5 Å². The first-order chi connectivity index (χ1) is 9.06. The van der Waals surface area contributed by atoms with E-state index in [0.29, 0.717) is 10.7 Å². The topological polar surface area (TPSA) is 42.0 Å². The molecule has 2 aromatic rings. The van der Waals surface area contributed by atoms with E-state index in [1.54, 1.807) is 0 Å². The third-order valence-electron chi connectivity index (χ3n) is 2.41. The van der Waals surface area contributed by atoms with Crippen LogP contribution in [0.4, 0.5) is 14.5 Å². The number of carbonyl (C=O) groups is 1. The van der Waals surface area contributed by atoms with Crippen LogP contribution in [0, 0.1) is 11.6 Å². The van der Waals surface area contributed by atoms with Crippen LogP contribution in [-0.2, 0) is 11.2 Å². The van der Waals surface area contributed by atoms with Crippen LogP contribution in [0.15, 0.2) is 36.7 Å². The fraction of sp³-hybridized carbons (Fsp3) is 0.0769. The van der Waals surface area contributed by atoms with Gasteiger partial charge < -0.3 is 5.32 Å². The molecule has 0 aliphatic rings. The number of nitrogens with zero attached hydrogens (tertiary/aromatic N) is 1. The van der Waals surface area contributed by atoms with Crippen molar-refractivity contribution in [2.75, 3.05) is 5.32 Å². The Hall–Kier alpha value is -2.01. The van der Waals surface area contributed by atoms with Gasteiger partial charge in [-0.1, -0.05) is 17.7 Å². The van der Waals surface area contributed by atoms with Crippen LogP contribution in [0.2, 0.25) is 5.02 Å². The van der Waals surface area contributed by atoms with Crippen molar-refractivity contribution in [3.63, 3.8) is 0 Å². The number of carbonyl (C=O) groups excluding carboxylic acids is 1. The molecule has 0 saturated carbocycles. The maximum Gasteiger partial charge on any atom is 0.228 e. The quantitative estimate of drug-likeness (QED) is 0.939. The van der Waals surface area contributed by atoms with Crippen LogP contribution in [0.5, 0.6) is 0 Å². The molecule has 0 aliphatic heterocycles. The Morgan fingerprint density at radius 2 is 2.11 bits per heavy atom. The molecule has 0 radical (unpaired) electrons. The maximum absolute atomic E-state index is 13.4. The van der Waals surface area contributed by atoms with Gasteiger partial charge in [0, 0.05) is 12.3 Å². The average molecular weight is 283 g/mol. The monoisotopic (exact) mass is 282 g/mol. The Labute approximate surface area is 113 Å². The van der Waals surface area contributed by atoms with E-state index in [0.717, 1.165) is 12.1 Å². The highest BCUT2D eigenvalue weighted by Crippen LogP contribution is 2.19. The zero-order valence-electron chi connectivity index (χ0n) is 9.66. The van der Waals surface area contributed by atoms with Gasteiger partial charge in [-0.05, 0) is 17.7 Å². The number of aromatic nitrogens is 1. The van der Waals surface area contributed by atoms with Crippen molar-refractivity contribution in [1.82, 2.24) is 4.98 Å². The smallest absolute Gasteiger partial charge is 0.228 e. The second-order valence-corrected chi connectivity index (χ2v) is 4.22. The zero-order chi connectivity index (χ0) is 13.8. The lowest BCUT2D eigenvalue weighted by Gasteiger charge is -2.07. The molecule has 0 spiro atoms. The third-order valence-corrected chi connectivity index (χ3v) is 2.74. The second kappa shape index (κ2) is 5.75. The average Bonchev–Trinajstić information content (AvgIpc) is 2.36. The highest BCUT2D eigenvalue weighted by atomic mass is 35.5. The van der Waals surface area contributed by atoms with Gasteiger partial charge in [0.05, 0.1) is 23.3 Å². The Bertz CT molecular complexity index is 619. The normalized spacial score (nSPS) is 10.3. The van der Waals surface area contributed by atoms with Crippen LogP contribution < -0.4 is 5.32 Å². The minimum absolute atomic E-state index is 0.110. The van der Waals surface area contributed by atoms with Crippen molar-refractivity contribution >= 4 is 23.2 Å². The molecule has 0 aliphatic carbocycles. The maximum atomic E-state index is 13.4. The molecule has 1 heterocycles. The van der Waals surface area contributed by atoms with Crippen molar-refractivity contribution in [3.05, 3.63) is 58.9 Å². The van der Waals surface area contributed by atoms with Gasteiger partial charge >= 0.3 is 0 Å². The molecule has 0 fully saturated rings. The van der Waals surface area contributed by atoms with E-state index in [4.69, 9.17) is 11.6 Å². The largest absolute Gasteiger partial charge is 0.323 e. The van der Waals surface area contributed by atoms with E-state index >= 15 is 0 Å². The van der Waals surface area contributed by atoms with Crippen LogP contribution in [0.25, 0.3) is 0 Å².